The molecule has 0 aromatic heterocycles. The molecule has 1 atom stereocenters. The number of hydrogen-bond donors (Lipinski definition) is 1. The number of ether oxygens (including phenoxy) is 4. The van der Waals surface area contributed by atoms with Crippen LogP contribution in [-0.4, -0.2) is 103 Å². The van der Waals surface area contributed by atoms with Crippen molar-refractivity contribution in [3.8, 4) is 5.75 Å². The Kier molecular flexibility index (Phi) is 12.1. The molecule has 2 fully saturated rings. The van der Waals surface area contributed by atoms with Crippen LogP contribution in [0.2, 0.25) is 0 Å². The van der Waals surface area contributed by atoms with Crippen molar-refractivity contribution in [3.63, 3.8) is 0 Å². The zero-order valence-electron chi connectivity index (χ0n) is 28.6. The summed E-state index contributed by atoms with van der Waals surface area (Å²) in [5.74, 6) is -0.584. The van der Waals surface area contributed by atoms with Gasteiger partial charge in [0.25, 0.3) is 11.8 Å². The van der Waals surface area contributed by atoms with Crippen LogP contribution in [0.4, 0.5) is 10.5 Å². The van der Waals surface area contributed by atoms with E-state index in [2.05, 4.69) is 5.32 Å². The molecule has 260 valence electrons. The zero-order chi connectivity index (χ0) is 34.3. The number of nitrogens with one attached hydrogen (secondary N) is 1. The Morgan fingerprint density at radius 3 is 2.49 bits per heavy atom. The van der Waals surface area contributed by atoms with Crippen molar-refractivity contribution < 1.29 is 42.9 Å². The number of esters is 1. The van der Waals surface area contributed by atoms with Gasteiger partial charge in [-0.2, -0.15) is 0 Å². The molecule has 2 aliphatic heterocycles. The van der Waals surface area contributed by atoms with Crippen molar-refractivity contribution in [2.75, 3.05) is 44.4 Å². The van der Waals surface area contributed by atoms with Gasteiger partial charge in [0.15, 0.2) is 5.60 Å². The van der Waals surface area contributed by atoms with Crippen LogP contribution in [0, 0.1) is 6.92 Å². The number of hydrogen-bond acceptors (Lipinski definition) is 10. The highest BCUT2D eigenvalue weighted by molar-refractivity contribution is 6.05. The molecule has 13 heteroatoms. The minimum atomic E-state index is -1.11. The highest BCUT2D eigenvalue weighted by Gasteiger charge is 2.42. The van der Waals surface area contributed by atoms with Gasteiger partial charge >= 0.3 is 12.1 Å². The van der Waals surface area contributed by atoms with E-state index < -0.39 is 24.5 Å². The maximum absolute atomic E-state index is 14.3. The monoisotopic (exact) mass is 658 g/mol. The molecule has 4 rings (SSSR count). The van der Waals surface area contributed by atoms with Gasteiger partial charge in [0.2, 0.25) is 12.7 Å². The number of likely N-dealkylation sites (tertiary alicyclic amines) is 1. The normalized spacial score (nSPS) is 19.5. The lowest BCUT2D eigenvalue weighted by molar-refractivity contribution is -0.155. The largest absolute Gasteiger partial charge is 0.511 e. The molecule has 1 aromatic rings. The van der Waals surface area contributed by atoms with Gasteiger partial charge in [-0.05, 0) is 97.4 Å². The van der Waals surface area contributed by atoms with Crippen molar-refractivity contribution in [3.05, 3.63) is 23.3 Å². The Balaban J connectivity index is 1.42. The molecule has 0 spiro atoms. The molecule has 1 aliphatic carbocycles. The molecule has 1 saturated carbocycles. The molecule has 0 radical (unpaired) electrons. The molecule has 3 amide bonds. The molecule has 1 aromatic carbocycles. The molecule has 3 aliphatic rings. The number of aryl methyl sites for hydroxylation is 1. The van der Waals surface area contributed by atoms with Crippen LogP contribution >= 0.6 is 0 Å². The Bertz CT molecular complexity index is 1320. The lowest BCUT2D eigenvalue weighted by Gasteiger charge is -2.42. The van der Waals surface area contributed by atoms with E-state index in [9.17, 15) is 24.0 Å². The van der Waals surface area contributed by atoms with Crippen molar-refractivity contribution in [1.29, 1.82) is 0 Å². The summed E-state index contributed by atoms with van der Waals surface area (Å²) in [5, 5.41) is 2.82. The number of fused-ring (bicyclic) bond motifs is 1. The standard InChI is InChI=1S/C34H50N4O9/c1-7-29(39)35-14-16-37-27-18-26(23(4)17-28(27)47-34(5,6)32(37)42)31(41)38(22(2)3)24-11-10-15-36(19-24)20-30(40)44-21-45-33(43)46-25-12-8-9-13-25/h17-18,22,24-25H,7-16,19-21H2,1-6H3,(H,35,39)/t24-/m1/s1. The number of carbonyl (C=O) groups excluding carboxylic acids is 5. The number of nitrogens with zero attached hydrogens (tertiary/aromatic N) is 3. The van der Waals surface area contributed by atoms with Crippen LogP contribution in [0.15, 0.2) is 12.1 Å². The van der Waals surface area contributed by atoms with Gasteiger partial charge in [0.1, 0.15) is 11.9 Å². The Morgan fingerprint density at radius 2 is 1.81 bits per heavy atom. The molecule has 1 saturated heterocycles. The van der Waals surface area contributed by atoms with Crippen molar-refractivity contribution in [2.45, 2.75) is 110 Å². The Morgan fingerprint density at radius 1 is 1.09 bits per heavy atom. The number of anilines is 1. The topological polar surface area (TPSA) is 144 Å². The average Bonchev–Trinajstić information content (AvgIpc) is 3.51. The van der Waals surface area contributed by atoms with Gasteiger partial charge in [-0.15, -0.1) is 0 Å². The lowest BCUT2D eigenvalue weighted by atomic mass is 9.97. The number of piperidine rings is 1. The van der Waals surface area contributed by atoms with Gasteiger partial charge in [0, 0.05) is 43.7 Å². The summed E-state index contributed by atoms with van der Waals surface area (Å²) in [5.41, 5.74) is 0.544. The third kappa shape index (κ3) is 9.15. The fourth-order valence-corrected chi connectivity index (χ4v) is 6.51. The molecule has 2 heterocycles. The summed E-state index contributed by atoms with van der Waals surface area (Å²) >= 11 is 0. The minimum Gasteiger partial charge on any atom is -0.476 e. The predicted molar refractivity (Wildman–Crippen MR) is 173 cm³/mol. The van der Waals surface area contributed by atoms with E-state index in [1.54, 1.807) is 37.8 Å². The molecule has 0 bridgehead atoms. The second-order valence-corrected chi connectivity index (χ2v) is 13.3. The zero-order valence-corrected chi connectivity index (χ0v) is 28.6. The maximum atomic E-state index is 14.3. The van der Waals surface area contributed by atoms with E-state index in [-0.39, 0.29) is 55.5 Å². The Labute approximate surface area is 277 Å². The van der Waals surface area contributed by atoms with Crippen LogP contribution < -0.4 is 15.0 Å². The third-order valence-electron chi connectivity index (χ3n) is 8.91. The summed E-state index contributed by atoms with van der Waals surface area (Å²) in [6.07, 6.45) is 4.57. The van der Waals surface area contributed by atoms with Crippen molar-refractivity contribution >= 4 is 35.5 Å². The van der Waals surface area contributed by atoms with E-state index in [0.717, 1.165) is 38.5 Å². The predicted octanol–water partition coefficient (Wildman–Crippen LogP) is 3.94. The molecule has 0 unspecified atom stereocenters. The lowest BCUT2D eigenvalue weighted by Crippen LogP contribution is -2.54. The smallest absolute Gasteiger partial charge is 0.476 e. The molecule has 47 heavy (non-hydrogen) atoms. The summed E-state index contributed by atoms with van der Waals surface area (Å²) in [6, 6.07) is 3.19. The number of carbonyl (C=O) groups is 5. The van der Waals surface area contributed by atoms with Crippen molar-refractivity contribution in [2.24, 2.45) is 0 Å². The molecular formula is C34H50N4O9. The van der Waals surface area contributed by atoms with Gasteiger partial charge in [0.05, 0.1) is 12.2 Å². The molecule has 1 N–H and O–H groups in total. The van der Waals surface area contributed by atoms with Crippen LogP contribution in [0.25, 0.3) is 0 Å². The number of rotatable bonds is 12. The van der Waals surface area contributed by atoms with Gasteiger partial charge in [-0.3, -0.25) is 24.1 Å². The SMILES string of the molecule is CCC(=O)NCCN1C(=O)C(C)(C)Oc2cc(C)c(C(=O)N(C(C)C)[C@@H]3CCCN(CC(=O)OCOC(=O)OC4CCCC4)C3)cc21. The number of benzene rings is 1. The van der Waals surface area contributed by atoms with Gasteiger partial charge in [-0.25, -0.2) is 4.79 Å². The second-order valence-electron chi connectivity index (χ2n) is 13.3. The van der Waals surface area contributed by atoms with E-state index in [4.69, 9.17) is 18.9 Å². The first-order valence-electron chi connectivity index (χ1n) is 16.8. The highest BCUT2D eigenvalue weighted by Crippen LogP contribution is 2.40. The first kappa shape index (κ1) is 36.0. The van der Waals surface area contributed by atoms with E-state index >= 15 is 0 Å². The van der Waals surface area contributed by atoms with Gasteiger partial charge in [-0.1, -0.05) is 6.92 Å². The number of amides is 3. The minimum absolute atomic E-state index is 0.00566. The van der Waals surface area contributed by atoms with Crippen LogP contribution in [-0.2, 0) is 28.6 Å². The van der Waals surface area contributed by atoms with E-state index in [0.29, 0.717) is 42.1 Å². The first-order chi connectivity index (χ1) is 22.3. The average molecular weight is 659 g/mol. The van der Waals surface area contributed by atoms with Gasteiger partial charge < -0.3 is 34.1 Å². The van der Waals surface area contributed by atoms with Crippen LogP contribution in [0.5, 0.6) is 5.75 Å². The van der Waals surface area contributed by atoms with E-state index in [1.807, 2.05) is 30.6 Å². The summed E-state index contributed by atoms with van der Waals surface area (Å²) in [6.45, 7) is 12.0. The van der Waals surface area contributed by atoms with Crippen LogP contribution in [0.1, 0.15) is 95.5 Å². The maximum Gasteiger partial charge on any atom is 0.511 e. The Hall–Kier alpha value is -3.87. The summed E-state index contributed by atoms with van der Waals surface area (Å²) < 4.78 is 21.4. The second kappa shape index (κ2) is 15.8. The summed E-state index contributed by atoms with van der Waals surface area (Å²) in [4.78, 5) is 69.3. The van der Waals surface area contributed by atoms with Crippen LogP contribution in [0.3, 0.4) is 0 Å². The quantitative estimate of drug-likeness (QED) is 0.259. The van der Waals surface area contributed by atoms with E-state index in [1.165, 1.54) is 0 Å². The third-order valence-corrected chi connectivity index (χ3v) is 8.91. The van der Waals surface area contributed by atoms with Crippen molar-refractivity contribution in [1.82, 2.24) is 15.1 Å². The molecular weight excluding hydrogens is 608 g/mol. The first-order valence-corrected chi connectivity index (χ1v) is 16.8. The highest BCUT2D eigenvalue weighted by atomic mass is 16.8. The molecule has 13 nitrogen and oxygen atoms in total. The fourth-order valence-electron chi connectivity index (χ4n) is 6.51. The fraction of sp³-hybridized carbons (Fsp3) is 0.676. The summed E-state index contributed by atoms with van der Waals surface area (Å²) in [7, 11) is 0.